The van der Waals surface area contributed by atoms with E-state index in [1.165, 1.54) is 4.57 Å². The summed E-state index contributed by atoms with van der Waals surface area (Å²) in [5.41, 5.74) is 1.28. The molecule has 7 nitrogen and oxygen atoms in total. The monoisotopic (exact) mass is 484 g/mol. The molecule has 0 aliphatic heterocycles. The fraction of sp³-hybridized carbons (Fsp3) is 0.391. The van der Waals surface area contributed by atoms with Crippen LogP contribution >= 0.6 is 15.9 Å². The van der Waals surface area contributed by atoms with E-state index in [1.807, 2.05) is 38.1 Å². The molecular weight excluding hydrogens is 460 g/mol. The van der Waals surface area contributed by atoms with Crippen LogP contribution in [0.2, 0.25) is 0 Å². The second-order valence-electron chi connectivity index (χ2n) is 8.62. The van der Waals surface area contributed by atoms with Crippen molar-refractivity contribution in [2.75, 3.05) is 7.05 Å². The molecule has 2 aromatic heterocycles. The van der Waals surface area contributed by atoms with Gasteiger partial charge >= 0.3 is 5.69 Å². The van der Waals surface area contributed by atoms with Gasteiger partial charge in [0.05, 0.1) is 10.9 Å². The number of pyridine rings is 1. The number of hydrogen-bond acceptors (Lipinski definition) is 4. The first-order valence-electron chi connectivity index (χ1n) is 10.4. The molecule has 1 aromatic carbocycles. The number of H-pyrrole nitrogens is 1. The lowest BCUT2D eigenvalue weighted by Crippen LogP contribution is -2.34. The summed E-state index contributed by atoms with van der Waals surface area (Å²) in [6, 6.07) is 9.48. The highest BCUT2D eigenvalue weighted by molar-refractivity contribution is 9.10. The predicted octanol–water partition coefficient (Wildman–Crippen LogP) is 3.65. The maximum atomic E-state index is 13.4. The van der Waals surface area contributed by atoms with Gasteiger partial charge < -0.3 is 4.90 Å². The van der Waals surface area contributed by atoms with Crippen LogP contribution in [0.25, 0.3) is 11.0 Å². The number of fused-ring (bicyclic) bond motifs is 1. The molecule has 0 radical (unpaired) electrons. The van der Waals surface area contributed by atoms with Crippen molar-refractivity contribution in [3.05, 3.63) is 72.5 Å². The second kappa shape index (κ2) is 8.42. The van der Waals surface area contributed by atoms with E-state index < -0.39 is 11.2 Å². The third-order valence-electron chi connectivity index (χ3n) is 5.42. The number of carbonyl (C=O) groups is 1. The van der Waals surface area contributed by atoms with Gasteiger partial charge in [0.25, 0.3) is 11.5 Å². The molecule has 0 saturated heterocycles. The zero-order valence-electron chi connectivity index (χ0n) is 17.8. The number of hydrogen-bond donors (Lipinski definition) is 1. The minimum absolute atomic E-state index is 0.178. The van der Waals surface area contributed by atoms with Gasteiger partial charge in [0.1, 0.15) is 0 Å². The van der Waals surface area contributed by atoms with Crippen LogP contribution in [0.5, 0.6) is 0 Å². The average molecular weight is 485 g/mol. The molecule has 4 rings (SSSR count). The summed E-state index contributed by atoms with van der Waals surface area (Å²) in [6.45, 7) is 4.80. The van der Waals surface area contributed by atoms with Crippen LogP contribution in [0.3, 0.4) is 0 Å². The molecule has 1 fully saturated rings. The molecule has 1 saturated carbocycles. The number of aromatic amines is 1. The number of benzene rings is 1. The van der Waals surface area contributed by atoms with Crippen molar-refractivity contribution >= 4 is 32.9 Å². The molecule has 8 heteroatoms. The summed E-state index contributed by atoms with van der Waals surface area (Å²) in [7, 11) is 1.71. The Balaban J connectivity index is 1.84. The molecule has 2 heterocycles. The van der Waals surface area contributed by atoms with Crippen LogP contribution in [0.15, 0.2) is 44.4 Å². The first-order chi connectivity index (χ1) is 14.7. The van der Waals surface area contributed by atoms with E-state index in [-0.39, 0.29) is 23.1 Å². The standard InChI is InChI=1S/C23H25BrN4O3/c1-13(2)11-28-20-19(21(29)26-23(28)31)17(10-18(25-20)15-6-7-15)22(30)27(3)12-14-4-8-16(24)9-5-14/h4-5,8-10,13,15H,6-7,11-12H2,1-3H3,(H,26,29,31). The molecule has 0 unspecified atom stereocenters. The van der Waals surface area contributed by atoms with Gasteiger partial charge in [-0.25, -0.2) is 9.78 Å². The molecule has 0 bridgehead atoms. The van der Waals surface area contributed by atoms with Crippen LogP contribution in [0.1, 0.15) is 54.2 Å². The molecule has 31 heavy (non-hydrogen) atoms. The Labute approximate surface area is 188 Å². The summed E-state index contributed by atoms with van der Waals surface area (Å²) in [6.07, 6.45) is 2.00. The molecular formula is C23H25BrN4O3. The zero-order valence-corrected chi connectivity index (χ0v) is 19.4. The van der Waals surface area contributed by atoms with Crippen molar-refractivity contribution in [2.24, 2.45) is 5.92 Å². The van der Waals surface area contributed by atoms with E-state index in [0.29, 0.717) is 24.3 Å². The highest BCUT2D eigenvalue weighted by atomic mass is 79.9. The Morgan fingerprint density at radius 1 is 1.26 bits per heavy atom. The molecule has 0 atom stereocenters. The van der Waals surface area contributed by atoms with Gasteiger partial charge in [-0.2, -0.15) is 0 Å². The topological polar surface area (TPSA) is 88.1 Å². The van der Waals surface area contributed by atoms with E-state index in [9.17, 15) is 14.4 Å². The summed E-state index contributed by atoms with van der Waals surface area (Å²) >= 11 is 3.42. The van der Waals surface area contributed by atoms with E-state index in [4.69, 9.17) is 0 Å². The number of nitrogens with one attached hydrogen (secondary N) is 1. The zero-order chi connectivity index (χ0) is 22.3. The lowest BCUT2D eigenvalue weighted by Gasteiger charge is -2.20. The van der Waals surface area contributed by atoms with Crippen molar-refractivity contribution in [2.45, 2.75) is 45.7 Å². The molecule has 162 valence electrons. The van der Waals surface area contributed by atoms with Crippen molar-refractivity contribution in [1.82, 2.24) is 19.4 Å². The molecule has 1 N–H and O–H groups in total. The fourth-order valence-electron chi connectivity index (χ4n) is 3.73. The largest absolute Gasteiger partial charge is 0.337 e. The quantitative estimate of drug-likeness (QED) is 0.578. The van der Waals surface area contributed by atoms with Gasteiger partial charge in [0.15, 0.2) is 5.65 Å². The molecule has 1 aliphatic rings. The van der Waals surface area contributed by atoms with Gasteiger partial charge in [-0.15, -0.1) is 0 Å². The van der Waals surface area contributed by atoms with E-state index >= 15 is 0 Å². The summed E-state index contributed by atoms with van der Waals surface area (Å²) in [4.78, 5) is 47.4. The molecule has 0 spiro atoms. The Hall–Kier alpha value is -2.74. The number of rotatable bonds is 6. The Bertz CT molecular complexity index is 1260. The highest BCUT2D eigenvalue weighted by Crippen LogP contribution is 2.40. The lowest BCUT2D eigenvalue weighted by atomic mass is 10.1. The van der Waals surface area contributed by atoms with Crippen LogP contribution < -0.4 is 11.2 Å². The number of amides is 1. The molecule has 1 aliphatic carbocycles. The second-order valence-corrected chi connectivity index (χ2v) is 9.53. The van der Waals surface area contributed by atoms with Crippen LogP contribution in [0, 0.1) is 5.92 Å². The third-order valence-corrected chi connectivity index (χ3v) is 5.95. The molecule has 1 amide bonds. The maximum Gasteiger partial charge on any atom is 0.330 e. The van der Waals surface area contributed by atoms with Gasteiger partial charge in [-0.1, -0.05) is 41.9 Å². The predicted molar refractivity (Wildman–Crippen MR) is 123 cm³/mol. The van der Waals surface area contributed by atoms with E-state index in [2.05, 4.69) is 25.9 Å². The van der Waals surface area contributed by atoms with Crippen molar-refractivity contribution in [1.29, 1.82) is 0 Å². The summed E-state index contributed by atoms with van der Waals surface area (Å²) < 4.78 is 2.45. The van der Waals surface area contributed by atoms with E-state index in [1.54, 1.807) is 18.0 Å². The number of nitrogens with zero attached hydrogens (tertiary/aromatic N) is 3. The van der Waals surface area contributed by atoms with Crippen molar-refractivity contribution in [3.8, 4) is 0 Å². The number of aromatic nitrogens is 3. The van der Waals surface area contributed by atoms with E-state index in [0.717, 1.165) is 28.6 Å². The Morgan fingerprint density at radius 3 is 2.55 bits per heavy atom. The van der Waals surface area contributed by atoms with Crippen molar-refractivity contribution in [3.63, 3.8) is 0 Å². The third kappa shape index (κ3) is 4.49. The van der Waals surface area contributed by atoms with Gasteiger partial charge in [0, 0.05) is 36.2 Å². The first kappa shape index (κ1) is 21.5. The number of carbonyl (C=O) groups excluding carboxylic acids is 1. The normalized spacial score (nSPS) is 13.7. The van der Waals surface area contributed by atoms with Crippen molar-refractivity contribution < 1.29 is 4.79 Å². The van der Waals surface area contributed by atoms with Crippen LogP contribution in [-0.2, 0) is 13.1 Å². The summed E-state index contributed by atoms with van der Waals surface area (Å²) in [5, 5.41) is 0.178. The summed E-state index contributed by atoms with van der Waals surface area (Å²) in [5.74, 6) is 0.185. The van der Waals surface area contributed by atoms with Gasteiger partial charge in [-0.05, 0) is 42.5 Å². The maximum absolute atomic E-state index is 13.4. The molecule has 3 aromatic rings. The van der Waals surface area contributed by atoms with Crippen LogP contribution in [-0.4, -0.2) is 32.4 Å². The van der Waals surface area contributed by atoms with Crippen LogP contribution in [0.4, 0.5) is 0 Å². The SMILES string of the molecule is CC(C)Cn1c(=O)[nH]c(=O)c2c(C(=O)N(C)Cc3ccc(Br)cc3)cc(C3CC3)nc21. The van der Waals surface area contributed by atoms with Gasteiger partial charge in [0.2, 0.25) is 0 Å². The first-order valence-corrected chi connectivity index (χ1v) is 11.2. The fourth-order valence-corrected chi connectivity index (χ4v) is 3.99. The highest BCUT2D eigenvalue weighted by Gasteiger charge is 2.29. The Morgan fingerprint density at radius 2 is 1.94 bits per heavy atom. The average Bonchev–Trinajstić information content (AvgIpc) is 3.56. The van der Waals surface area contributed by atoms with Gasteiger partial charge in [-0.3, -0.25) is 19.1 Å². The lowest BCUT2D eigenvalue weighted by molar-refractivity contribution is 0.0786. The minimum atomic E-state index is -0.574. The Kier molecular flexibility index (Phi) is 5.83. The smallest absolute Gasteiger partial charge is 0.330 e. The number of halogens is 1. The minimum Gasteiger partial charge on any atom is -0.337 e.